The fraction of sp³-hybridized carbons (Fsp3) is 0.846. The van der Waals surface area contributed by atoms with Crippen LogP contribution < -0.4 is 0 Å². The zero-order valence-electron chi connectivity index (χ0n) is 9.90. The van der Waals surface area contributed by atoms with E-state index in [0.717, 1.165) is 11.8 Å². The molecule has 13 heavy (non-hydrogen) atoms. The molecule has 0 N–H and O–H groups in total. The summed E-state index contributed by atoms with van der Waals surface area (Å²) < 4.78 is 0. The van der Waals surface area contributed by atoms with Crippen molar-refractivity contribution in [3.63, 3.8) is 0 Å². The van der Waals surface area contributed by atoms with Crippen LogP contribution >= 0.6 is 0 Å². The summed E-state index contributed by atoms with van der Waals surface area (Å²) in [5.41, 5.74) is 1.37. The molecule has 0 rings (SSSR count). The molecule has 0 heterocycles. The number of allylic oxidation sites excluding steroid dienone is 1. The third-order valence-electron chi connectivity index (χ3n) is 3.08. The summed E-state index contributed by atoms with van der Waals surface area (Å²) in [5, 5.41) is 0. The predicted octanol–water partition coefficient (Wildman–Crippen LogP) is 4.81. The Morgan fingerprint density at radius 1 is 1.15 bits per heavy atom. The van der Waals surface area contributed by atoms with E-state index in [4.69, 9.17) is 0 Å². The van der Waals surface area contributed by atoms with Crippen molar-refractivity contribution >= 4 is 0 Å². The van der Waals surface area contributed by atoms with Gasteiger partial charge in [0.05, 0.1) is 0 Å². The van der Waals surface area contributed by atoms with Gasteiger partial charge in [-0.25, -0.2) is 0 Å². The lowest BCUT2D eigenvalue weighted by Gasteiger charge is -2.21. The van der Waals surface area contributed by atoms with Crippen LogP contribution in [0.4, 0.5) is 0 Å². The number of hydrogen-bond acceptors (Lipinski definition) is 0. The van der Waals surface area contributed by atoms with Crippen molar-refractivity contribution in [2.45, 2.75) is 59.8 Å². The normalized spacial score (nSPS) is 15.4. The van der Waals surface area contributed by atoms with Crippen LogP contribution in [0.25, 0.3) is 0 Å². The minimum atomic E-state index is 0.761. The van der Waals surface area contributed by atoms with E-state index >= 15 is 0 Å². The van der Waals surface area contributed by atoms with E-state index in [-0.39, 0.29) is 0 Å². The lowest BCUT2D eigenvalue weighted by molar-refractivity contribution is 0.364. The second kappa shape index (κ2) is 7.17. The minimum Gasteiger partial charge on any atom is -0.0999 e. The van der Waals surface area contributed by atoms with E-state index in [0.29, 0.717) is 0 Å². The monoisotopic (exact) mass is 182 g/mol. The molecule has 0 aliphatic carbocycles. The van der Waals surface area contributed by atoms with Crippen LogP contribution in [-0.4, -0.2) is 0 Å². The maximum atomic E-state index is 4.07. The topological polar surface area (TPSA) is 0 Å². The Labute approximate surface area is 84.4 Å². The van der Waals surface area contributed by atoms with Gasteiger partial charge >= 0.3 is 0 Å². The molecule has 0 aromatic carbocycles. The van der Waals surface area contributed by atoms with Crippen molar-refractivity contribution < 1.29 is 0 Å². The molecule has 0 nitrogen and oxygen atoms in total. The van der Waals surface area contributed by atoms with Gasteiger partial charge in [0.1, 0.15) is 0 Å². The van der Waals surface area contributed by atoms with Crippen LogP contribution in [0.5, 0.6) is 0 Å². The lowest BCUT2D eigenvalue weighted by atomic mass is 9.85. The van der Waals surface area contributed by atoms with Gasteiger partial charge in [0, 0.05) is 0 Å². The Hall–Kier alpha value is -0.260. The summed E-state index contributed by atoms with van der Waals surface area (Å²) in [7, 11) is 0. The molecule has 0 spiro atoms. The van der Waals surface area contributed by atoms with E-state index in [1.54, 1.807) is 0 Å². The SMILES string of the molecule is C=C(C)C(CC)CC(CC)CCC. The van der Waals surface area contributed by atoms with Crippen molar-refractivity contribution in [2.75, 3.05) is 0 Å². The molecular weight excluding hydrogens is 156 g/mol. The van der Waals surface area contributed by atoms with Gasteiger partial charge in [0.25, 0.3) is 0 Å². The van der Waals surface area contributed by atoms with Gasteiger partial charge in [-0.1, -0.05) is 52.2 Å². The zero-order valence-corrected chi connectivity index (χ0v) is 9.90. The van der Waals surface area contributed by atoms with Gasteiger partial charge in [-0.15, -0.1) is 0 Å². The summed E-state index contributed by atoms with van der Waals surface area (Å²) in [6.45, 7) is 13.1. The average molecular weight is 182 g/mol. The first-order valence-electron chi connectivity index (χ1n) is 5.80. The fourth-order valence-corrected chi connectivity index (χ4v) is 2.02. The fourth-order valence-electron chi connectivity index (χ4n) is 2.02. The van der Waals surface area contributed by atoms with Crippen molar-refractivity contribution in [1.29, 1.82) is 0 Å². The number of rotatable bonds is 7. The molecule has 78 valence electrons. The highest BCUT2D eigenvalue weighted by Gasteiger charge is 2.13. The molecule has 0 aliphatic rings. The Morgan fingerprint density at radius 2 is 1.77 bits per heavy atom. The van der Waals surface area contributed by atoms with Crippen LogP contribution in [0.3, 0.4) is 0 Å². The summed E-state index contributed by atoms with van der Waals surface area (Å²) in [6.07, 6.45) is 6.66. The highest BCUT2D eigenvalue weighted by Crippen LogP contribution is 2.26. The van der Waals surface area contributed by atoms with Gasteiger partial charge < -0.3 is 0 Å². The molecule has 2 unspecified atom stereocenters. The van der Waals surface area contributed by atoms with Crippen LogP contribution in [0.1, 0.15) is 59.8 Å². The van der Waals surface area contributed by atoms with Gasteiger partial charge in [-0.3, -0.25) is 0 Å². The van der Waals surface area contributed by atoms with Crippen LogP contribution in [0.2, 0.25) is 0 Å². The molecule has 0 aliphatic heterocycles. The Morgan fingerprint density at radius 3 is 2.08 bits per heavy atom. The molecule has 0 amide bonds. The molecule has 0 saturated carbocycles. The highest BCUT2D eigenvalue weighted by molar-refractivity contribution is 4.96. The molecule has 2 atom stereocenters. The van der Waals surface area contributed by atoms with E-state index in [9.17, 15) is 0 Å². The minimum absolute atomic E-state index is 0.761. The average Bonchev–Trinajstić information content (AvgIpc) is 2.11. The lowest BCUT2D eigenvalue weighted by Crippen LogP contribution is -2.08. The zero-order chi connectivity index (χ0) is 10.3. The predicted molar refractivity (Wildman–Crippen MR) is 61.9 cm³/mol. The molecular formula is C13H26. The van der Waals surface area contributed by atoms with Gasteiger partial charge in [0.15, 0.2) is 0 Å². The Balaban J connectivity index is 3.95. The first-order chi connectivity index (χ1) is 6.15. The third-order valence-corrected chi connectivity index (χ3v) is 3.08. The van der Waals surface area contributed by atoms with Gasteiger partial charge in [-0.2, -0.15) is 0 Å². The van der Waals surface area contributed by atoms with Crippen LogP contribution in [0, 0.1) is 11.8 Å². The molecule has 0 saturated heterocycles. The van der Waals surface area contributed by atoms with E-state index in [2.05, 4.69) is 34.3 Å². The molecule has 0 aromatic rings. The van der Waals surface area contributed by atoms with E-state index < -0.39 is 0 Å². The van der Waals surface area contributed by atoms with Crippen molar-refractivity contribution in [3.8, 4) is 0 Å². The third kappa shape index (κ3) is 5.13. The Bertz CT molecular complexity index is 135. The second-order valence-corrected chi connectivity index (χ2v) is 4.25. The maximum absolute atomic E-state index is 4.07. The molecule has 0 bridgehead atoms. The molecule has 0 aromatic heterocycles. The van der Waals surface area contributed by atoms with Crippen molar-refractivity contribution in [2.24, 2.45) is 11.8 Å². The van der Waals surface area contributed by atoms with Gasteiger partial charge in [-0.05, 0) is 31.6 Å². The smallest absolute Gasteiger partial charge is 0.0209 e. The standard InChI is InChI=1S/C13H26/c1-6-9-12(7-2)10-13(8-3)11(4)5/h12-13H,4,6-10H2,1-3,5H3. The molecule has 0 heteroatoms. The first-order valence-corrected chi connectivity index (χ1v) is 5.80. The van der Waals surface area contributed by atoms with E-state index in [1.807, 2.05) is 0 Å². The van der Waals surface area contributed by atoms with E-state index in [1.165, 1.54) is 37.7 Å². The second-order valence-electron chi connectivity index (χ2n) is 4.25. The summed E-state index contributed by atoms with van der Waals surface area (Å²) in [5.74, 6) is 1.68. The molecule has 0 radical (unpaired) electrons. The highest BCUT2D eigenvalue weighted by atomic mass is 14.2. The Kier molecular flexibility index (Phi) is 7.03. The van der Waals surface area contributed by atoms with Crippen LogP contribution in [0.15, 0.2) is 12.2 Å². The summed E-state index contributed by atoms with van der Waals surface area (Å²) in [6, 6.07) is 0. The largest absolute Gasteiger partial charge is 0.0999 e. The number of hydrogen-bond donors (Lipinski definition) is 0. The first kappa shape index (κ1) is 12.7. The van der Waals surface area contributed by atoms with Crippen molar-refractivity contribution in [3.05, 3.63) is 12.2 Å². The quantitative estimate of drug-likeness (QED) is 0.496. The summed E-state index contributed by atoms with van der Waals surface area (Å²) in [4.78, 5) is 0. The van der Waals surface area contributed by atoms with Crippen LogP contribution in [-0.2, 0) is 0 Å². The maximum Gasteiger partial charge on any atom is -0.0209 e. The molecule has 0 fully saturated rings. The summed E-state index contributed by atoms with van der Waals surface area (Å²) >= 11 is 0. The van der Waals surface area contributed by atoms with Crippen molar-refractivity contribution in [1.82, 2.24) is 0 Å². The van der Waals surface area contributed by atoms with Gasteiger partial charge in [0.2, 0.25) is 0 Å².